The Labute approximate surface area is 217 Å². The van der Waals surface area contributed by atoms with Gasteiger partial charge in [-0.1, -0.05) is 48.0 Å². The molecule has 0 saturated carbocycles. The van der Waals surface area contributed by atoms with Crippen LogP contribution in [0.1, 0.15) is 37.9 Å². The Hall–Kier alpha value is -4.23. The lowest BCUT2D eigenvalue weighted by molar-refractivity contribution is -0.123. The smallest absolute Gasteiger partial charge is 0.339 e. The van der Waals surface area contributed by atoms with Crippen LogP contribution in [0.15, 0.2) is 79.0 Å². The standard InChI is InChI=1S/C29H21ClN2O5/c1-37-29(36)20-8-4-5-9-21(20)32-27(34)22-23(28(32)35)25(26(33)17-10-12-18(30)13-11-17)31-15-14-16-6-2-3-7-19(16)24(22)31/h2-15,22-25H,1H3/t22-,23-,24-,25+/m1/s1. The van der Waals surface area contributed by atoms with Gasteiger partial charge in [0.05, 0.1) is 36.2 Å². The van der Waals surface area contributed by atoms with E-state index in [0.717, 1.165) is 16.0 Å². The van der Waals surface area contributed by atoms with Gasteiger partial charge in [0.2, 0.25) is 11.8 Å². The molecule has 3 aromatic carbocycles. The SMILES string of the molecule is COC(=O)c1ccccc1N1C(=O)[C@@H]2[C@@H](C1=O)[C@H]1c3ccccc3C=CN1[C@@H]2C(=O)c1ccc(Cl)cc1. The van der Waals surface area contributed by atoms with Gasteiger partial charge in [0.1, 0.15) is 6.04 Å². The summed E-state index contributed by atoms with van der Waals surface area (Å²) >= 11 is 6.04. The van der Waals surface area contributed by atoms with Crippen molar-refractivity contribution in [3.05, 3.63) is 106 Å². The number of carbonyl (C=O) groups excluding carboxylic acids is 4. The number of esters is 1. The van der Waals surface area contributed by atoms with Gasteiger partial charge in [0.25, 0.3) is 0 Å². The molecule has 7 nitrogen and oxygen atoms in total. The highest BCUT2D eigenvalue weighted by Crippen LogP contribution is 2.54. The first-order chi connectivity index (χ1) is 17.9. The van der Waals surface area contributed by atoms with Crippen molar-refractivity contribution in [2.24, 2.45) is 11.8 Å². The summed E-state index contributed by atoms with van der Waals surface area (Å²) in [6, 6.07) is 19.1. The molecule has 3 heterocycles. The zero-order chi connectivity index (χ0) is 25.8. The van der Waals surface area contributed by atoms with Crippen LogP contribution in [0.4, 0.5) is 5.69 Å². The van der Waals surface area contributed by atoms with Gasteiger partial charge < -0.3 is 9.64 Å². The van der Waals surface area contributed by atoms with Crippen LogP contribution in [0.25, 0.3) is 6.08 Å². The minimum absolute atomic E-state index is 0.105. The third-order valence-corrected chi connectivity index (χ3v) is 7.66. The number of methoxy groups -OCH3 is 1. The van der Waals surface area contributed by atoms with Crippen molar-refractivity contribution in [1.29, 1.82) is 0 Å². The number of ether oxygens (including phenoxy) is 1. The van der Waals surface area contributed by atoms with Gasteiger partial charge in [0.15, 0.2) is 5.78 Å². The van der Waals surface area contributed by atoms with E-state index in [1.165, 1.54) is 13.2 Å². The number of hydrogen-bond donors (Lipinski definition) is 0. The second kappa shape index (κ2) is 8.71. The van der Waals surface area contributed by atoms with Gasteiger partial charge in [-0.15, -0.1) is 0 Å². The number of rotatable bonds is 4. The van der Waals surface area contributed by atoms with E-state index >= 15 is 0 Å². The van der Waals surface area contributed by atoms with Crippen molar-refractivity contribution in [1.82, 2.24) is 4.90 Å². The predicted molar refractivity (Wildman–Crippen MR) is 137 cm³/mol. The highest BCUT2D eigenvalue weighted by molar-refractivity contribution is 6.30. The molecule has 0 aromatic heterocycles. The molecule has 2 saturated heterocycles. The summed E-state index contributed by atoms with van der Waals surface area (Å²) in [7, 11) is 1.24. The van der Waals surface area contributed by atoms with E-state index in [1.807, 2.05) is 35.2 Å². The molecule has 3 aromatic rings. The lowest BCUT2D eigenvalue weighted by Gasteiger charge is -2.35. The summed E-state index contributed by atoms with van der Waals surface area (Å²) in [5.41, 5.74) is 2.46. The normalized spacial score (nSPS) is 23.5. The fraction of sp³-hybridized carbons (Fsp3) is 0.172. The van der Waals surface area contributed by atoms with E-state index in [2.05, 4.69) is 0 Å². The van der Waals surface area contributed by atoms with Crippen molar-refractivity contribution < 1.29 is 23.9 Å². The zero-order valence-corrected chi connectivity index (χ0v) is 20.5. The maximum absolute atomic E-state index is 14.0. The Morgan fingerprint density at radius 3 is 2.30 bits per heavy atom. The number of fused-ring (bicyclic) bond motifs is 5. The van der Waals surface area contributed by atoms with Crippen LogP contribution in [-0.2, 0) is 14.3 Å². The Kier molecular flexibility index (Phi) is 5.46. The Morgan fingerprint density at radius 1 is 0.865 bits per heavy atom. The van der Waals surface area contributed by atoms with E-state index in [9.17, 15) is 19.2 Å². The first kappa shape index (κ1) is 23.2. The number of imide groups is 1. The number of nitrogens with zero attached hydrogens (tertiary/aromatic N) is 2. The number of ketones is 1. The Morgan fingerprint density at radius 2 is 1.54 bits per heavy atom. The third kappa shape index (κ3) is 3.42. The maximum Gasteiger partial charge on any atom is 0.339 e. The molecule has 0 spiro atoms. The van der Waals surface area contributed by atoms with Gasteiger partial charge >= 0.3 is 5.97 Å². The van der Waals surface area contributed by atoms with E-state index in [4.69, 9.17) is 16.3 Å². The quantitative estimate of drug-likeness (QED) is 0.290. The molecule has 4 atom stereocenters. The molecule has 2 fully saturated rings. The lowest BCUT2D eigenvalue weighted by Crippen LogP contribution is -2.44. The van der Waals surface area contributed by atoms with Crippen LogP contribution in [0.5, 0.6) is 0 Å². The molecule has 0 aliphatic carbocycles. The fourth-order valence-corrected chi connectivity index (χ4v) is 5.96. The average Bonchev–Trinajstić information content (AvgIpc) is 3.40. The van der Waals surface area contributed by atoms with E-state index in [-0.39, 0.29) is 17.0 Å². The second-order valence-electron chi connectivity index (χ2n) is 9.22. The number of carbonyl (C=O) groups is 4. The minimum Gasteiger partial charge on any atom is -0.465 e. The van der Waals surface area contributed by atoms with Gasteiger partial charge in [0, 0.05) is 16.8 Å². The fourth-order valence-electron chi connectivity index (χ4n) is 5.83. The van der Waals surface area contributed by atoms with Crippen molar-refractivity contribution in [3.63, 3.8) is 0 Å². The summed E-state index contributed by atoms with van der Waals surface area (Å²) in [5, 5.41) is 0.489. The van der Waals surface area contributed by atoms with Crippen LogP contribution in [0, 0.1) is 11.8 Å². The highest BCUT2D eigenvalue weighted by atomic mass is 35.5. The van der Waals surface area contributed by atoms with Crippen LogP contribution in [0.3, 0.4) is 0 Å². The van der Waals surface area contributed by atoms with Crippen molar-refractivity contribution in [2.75, 3.05) is 12.0 Å². The number of Topliss-reactive ketones (excluding diaryl/α,β-unsaturated/α-hetero) is 1. The Balaban J connectivity index is 1.50. The molecule has 3 aliphatic heterocycles. The topological polar surface area (TPSA) is 84.0 Å². The second-order valence-corrected chi connectivity index (χ2v) is 9.66. The van der Waals surface area contributed by atoms with Crippen LogP contribution in [-0.4, -0.2) is 41.6 Å². The third-order valence-electron chi connectivity index (χ3n) is 7.41. The summed E-state index contributed by atoms with van der Waals surface area (Å²) in [5.74, 6) is -3.65. The van der Waals surface area contributed by atoms with Crippen molar-refractivity contribution in [2.45, 2.75) is 12.1 Å². The molecule has 0 bridgehead atoms. The van der Waals surface area contributed by atoms with Crippen molar-refractivity contribution in [3.8, 4) is 0 Å². The van der Waals surface area contributed by atoms with Crippen LogP contribution in [0.2, 0.25) is 5.02 Å². The monoisotopic (exact) mass is 512 g/mol. The summed E-state index contributed by atoms with van der Waals surface area (Å²) < 4.78 is 4.89. The number of hydrogen-bond acceptors (Lipinski definition) is 6. The highest BCUT2D eigenvalue weighted by Gasteiger charge is 2.64. The van der Waals surface area contributed by atoms with Crippen LogP contribution >= 0.6 is 11.6 Å². The zero-order valence-electron chi connectivity index (χ0n) is 19.7. The summed E-state index contributed by atoms with van der Waals surface area (Å²) in [6.07, 6.45) is 3.70. The van der Waals surface area contributed by atoms with Crippen molar-refractivity contribution >= 4 is 46.9 Å². The maximum atomic E-state index is 14.0. The first-order valence-corrected chi connectivity index (χ1v) is 12.2. The number of halogens is 1. The molecule has 184 valence electrons. The lowest BCUT2D eigenvalue weighted by atomic mass is 9.83. The molecule has 8 heteroatoms. The van der Waals surface area contributed by atoms with Crippen LogP contribution < -0.4 is 4.90 Å². The predicted octanol–water partition coefficient (Wildman–Crippen LogP) is 4.52. The molecular weight excluding hydrogens is 492 g/mol. The van der Waals surface area contributed by atoms with Gasteiger partial charge in [-0.05, 0) is 53.6 Å². The number of benzene rings is 3. The largest absolute Gasteiger partial charge is 0.465 e. The first-order valence-electron chi connectivity index (χ1n) is 11.8. The van der Waals surface area contributed by atoms with E-state index in [0.29, 0.717) is 10.6 Å². The molecule has 3 aliphatic rings. The molecule has 6 rings (SSSR count). The van der Waals surface area contributed by atoms with E-state index < -0.39 is 41.7 Å². The molecule has 0 N–H and O–H groups in total. The van der Waals surface area contributed by atoms with E-state index in [1.54, 1.807) is 48.7 Å². The number of para-hydroxylation sites is 1. The van der Waals surface area contributed by atoms with Gasteiger partial charge in [-0.25, -0.2) is 9.69 Å². The summed E-state index contributed by atoms with van der Waals surface area (Å²) in [4.78, 5) is 57.4. The summed E-state index contributed by atoms with van der Waals surface area (Å²) in [6.45, 7) is 0. The van der Waals surface area contributed by atoms with Gasteiger partial charge in [-0.2, -0.15) is 0 Å². The Bertz CT molecular complexity index is 1500. The minimum atomic E-state index is -0.942. The number of anilines is 1. The molecular formula is C29H21ClN2O5. The average molecular weight is 513 g/mol. The molecule has 0 unspecified atom stereocenters. The molecule has 2 amide bonds. The molecule has 0 radical (unpaired) electrons. The molecule has 37 heavy (non-hydrogen) atoms. The number of amides is 2. The van der Waals surface area contributed by atoms with Gasteiger partial charge in [-0.3, -0.25) is 14.4 Å².